The Hall–Kier alpha value is -2.99. The van der Waals surface area contributed by atoms with Gasteiger partial charge >= 0.3 is 0 Å². The van der Waals surface area contributed by atoms with E-state index in [1.165, 1.54) is 11.3 Å². The molecule has 3 aromatic rings. The highest BCUT2D eigenvalue weighted by Crippen LogP contribution is 2.32. The summed E-state index contributed by atoms with van der Waals surface area (Å²) in [6, 6.07) is 11.3. The van der Waals surface area contributed by atoms with Gasteiger partial charge in [0.2, 0.25) is 0 Å². The molecule has 8 heteroatoms. The highest BCUT2D eigenvalue weighted by molar-refractivity contribution is 5.95. The van der Waals surface area contributed by atoms with Crippen LogP contribution in [-0.2, 0) is 17.7 Å². The van der Waals surface area contributed by atoms with E-state index in [9.17, 15) is 5.26 Å². The van der Waals surface area contributed by atoms with Gasteiger partial charge in [-0.2, -0.15) is 10.4 Å². The number of anilines is 1. The lowest BCUT2D eigenvalue weighted by Crippen LogP contribution is -2.56. The van der Waals surface area contributed by atoms with E-state index in [2.05, 4.69) is 69.5 Å². The van der Waals surface area contributed by atoms with E-state index in [1.54, 1.807) is 6.20 Å². The molecule has 188 valence electrons. The summed E-state index contributed by atoms with van der Waals surface area (Å²) < 4.78 is 8.68. The molecule has 6 rings (SSSR count). The predicted octanol–water partition coefficient (Wildman–Crippen LogP) is 3.22. The molecular weight excluding hydrogens is 450 g/mol. The van der Waals surface area contributed by atoms with E-state index in [0.717, 1.165) is 68.8 Å². The second-order valence-corrected chi connectivity index (χ2v) is 10.9. The number of hydrogen-bond donors (Lipinski definition) is 0. The topological polar surface area (TPSA) is 73.5 Å². The van der Waals surface area contributed by atoms with Crippen molar-refractivity contribution >= 4 is 16.6 Å². The monoisotopic (exact) mass is 485 g/mol. The van der Waals surface area contributed by atoms with Gasteiger partial charge in [-0.25, -0.2) is 0 Å². The first-order valence-electron chi connectivity index (χ1n) is 13.2. The summed E-state index contributed by atoms with van der Waals surface area (Å²) >= 11 is 0. The number of likely N-dealkylation sites (tertiary alicyclic amines) is 1. The van der Waals surface area contributed by atoms with Crippen LogP contribution < -0.4 is 4.90 Å². The van der Waals surface area contributed by atoms with Crippen LogP contribution >= 0.6 is 0 Å². The molecule has 0 saturated carbocycles. The molecule has 1 aromatic carbocycles. The molecule has 0 unspecified atom stereocenters. The third-order valence-electron chi connectivity index (χ3n) is 8.02. The minimum absolute atomic E-state index is 0.139. The van der Waals surface area contributed by atoms with E-state index in [0.29, 0.717) is 17.6 Å². The summed E-state index contributed by atoms with van der Waals surface area (Å²) in [4.78, 5) is 12.0. The lowest BCUT2D eigenvalue weighted by Gasteiger charge is -2.45. The predicted molar refractivity (Wildman–Crippen MR) is 140 cm³/mol. The molecule has 0 aliphatic carbocycles. The second-order valence-electron chi connectivity index (χ2n) is 10.9. The highest BCUT2D eigenvalue weighted by Gasteiger charge is 2.36. The first-order chi connectivity index (χ1) is 17.5. The summed E-state index contributed by atoms with van der Waals surface area (Å²) in [6.45, 7) is 13.5. The number of benzene rings is 1. The maximum absolute atomic E-state index is 9.51. The number of ether oxygens (including phenoxy) is 1. The molecule has 2 saturated heterocycles. The summed E-state index contributed by atoms with van der Waals surface area (Å²) in [5.74, 6) is 0. The Bertz CT molecular complexity index is 1290. The lowest BCUT2D eigenvalue weighted by molar-refractivity contribution is -0.0493. The number of nitriles is 1. The SMILES string of the molecule is CC(C)N1CCc2cnn(C3CN(C[C@H]4CN(c5ccc(C#N)c6ncccc56)C[C@@H](C)O4)C3)c2C1. The van der Waals surface area contributed by atoms with Crippen LogP contribution in [0.2, 0.25) is 0 Å². The van der Waals surface area contributed by atoms with Crippen molar-refractivity contribution in [2.75, 3.05) is 44.2 Å². The van der Waals surface area contributed by atoms with Crippen molar-refractivity contribution in [3.05, 3.63) is 53.5 Å². The number of nitrogens with zero attached hydrogens (tertiary/aromatic N) is 7. The number of pyridine rings is 1. The smallest absolute Gasteiger partial charge is 0.101 e. The van der Waals surface area contributed by atoms with E-state index in [4.69, 9.17) is 9.84 Å². The molecule has 8 nitrogen and oxygen atoms in total. The van der Waals surface area contributed by atoms with E-state index in [-0.39, 0.29) is 12.2 Å². The zero-order valence-corrected chi connectivity index (χ0v) is 21.5. The van der Waals surface area contributed by atoms with Crippen LogP contribution in [-0.4, -0.2) is 82.1 Å². The Morgan fingerprint density at radius 2 is 2.03 bits per heavy atom. The van der Waals surface area contributed by atoms with E-state index >= 15 is 0 Å². The van der Waals surface area contributed by atoms with Gasteiger partial charge in [0, 0.05) is 69.1 Å². The van der Waals surface area contributed by atoms with Crippen molar-refractivity contribution in [3.63, 3.8) is 0 Å². The molecule has 0 bridgehead atoms. The first-order valence-corrected chi connectivity index (χ1v) is 13.2. The minimum Gasteiger partial charge on any atom is -0.370 e. The molecule has 2 fully saturated rings. The third kappa shape index (κ3) is 4.26. The van der Waals surface area contributed by atoms with Gasteiger partial charge in [-0.3, -0.25) is 19.5 Å². The van der Waals surface area contributed by atoms with Crippen LogP contribution in [0, 0.1) is 11.3 Å². The van der Waals surface area contributed by atoms with Crippen molar-refractivity contribution in [1.29, 1.82) is 5.26 Å². The van der Waals surface area contributed by atoms with Gasteiger partial charge in [-0.05, 0) is 57.0 Å². The Kier molecular flexibility index (Phi) is 6.16. The largest absolute Gasteiger partial charge is 0.370 e. The third-order valence-corrected chi connectivity index (χ3v) is 8.02. The van der Waals surface area contributed by atoms with Crippen molar-refractivity contribution in [1.82, 2.24) is 24.6 Å². The van der Waals surface area contributed by atoms with Crippen LogP contribution in [0.1, 0.15) is 43.6 Å². The van der Waals surface area contributed by atoms with E-state index in [1.807, 2.05) is 12.1 Å². The van der Waals surface area contributed by atoms with Gasteiger partial charge in [0.1, 0.15) is 6.07 Å². The van der Waals surface area contributed by atoms with Crippen LogP contribution in [0.5, 0.6) is 0 Å². The normalized spacial score (nSPS) is 23.6. The van der Waals surface area contributed by atoms with Crippen molar-refractivity contribution < 1.29 is 4.74 Å². The standard InChI is InChI=1S/C28H35N7O/c1-19(2)33-10-8-22-12-31-35(27(22)18-33)23-14-32(15-23)16-24-17-34(13-20(3)36-24)26-7-6-21(11-29)28-25(26)5-4-9-30-28/h4-7,9,12,19-20,23-24H,8,10,13-18H2,1-3H3/t20-,24+/m1/s1. The Balaban J connectivity index is 1.12. The quantitative estimate of drug-likeness (QED) is 0.549. The highest BCUT2D eigenvalue weighted by atomic mass is 16.5. The van der Waals surface area contributed by atoms with Gasteiger partial charge < -0.3 is 9.64 Å². The number of rotatable bonds is 5. The van der Waals surface area contributed by atoms with E-state index < -0.39 is 0 Å². The fourth-order valence-electron chi connectivity index (χ4n) is 6.10. The molecule has 5 heterocycles. The molecule has 3 aliphatic rings. The van der Waals surface area contributed by atoms with Gasteiger partial charge in [-0.1, -0.05) is 0 Å². The first kappa shape index (κ1) is 23.4. The molecule has 36 heavy (non-hydrogen) atoms. The Labute approximate surface area is 213 Å². The summed E-state index contributed by atoms with van der Waals surface area (Å²) in [5.41, 5.74) is 5.37. The zero-order valence-electron chi connectivity index (χ0n) is 21.5. The van der Waals surface area contributed by atoms with Gasteiger partial charge in [-0.15, -0.1) is 0 Å². The molecule has 3 aliphatic heterocycles. The maximum atomic E-state index is 9.51. The van der Waals surface area contributed by atoms with Crippen molar-refractivity contribution in [2.45, 2.75) is 58.0 Å². The average molecular weight is 486 g/mol. The number of hydrogen-bond acceptors (Lipinski definition) is 7. The fraction of sp³-hybridized carbons (Fsp3) is 0.536. The number of morpholine rings is 1. The second kappa shape index (κ2) is 9.47. The molecule has 0 spiro atoms. The Morgan fingerprint density at radius 3 is 2.83 bits per heavy atom. The number of fused-ring (bicyclic) bond motifs is 2. The van der Waals surface area contributed by atoms with Crippen LogP contribution in [0.4, 0.5) is 5.69 Å². The van der Waals surface area contributed by atoms with Gasteiger partial charge in [0.05, 0.1) is 41.2 Å². The van der Waals surface area contributed by atoms with Crippen molar-refractivity contribution in [2.24, 2.45) is 0 Å². The van der Waals surface area contributed by atoms with Crippen LogP contribution in [0.3, 0.4) is 0 Å². The Morgan fingerprint density at radius 1 is 1.17 bits per heavy atom. The molecule has 0 amide bonds. The summed E-state index contributed by atoms with van der Waals surface area (Å²) in [5, 5.41) is 15.3. The summed E-state index contributed by atoms with van der Waals surface area (Å²) in [6.07, 6.45) is 5.24. The molecule has 0 radical (unpaired) electrons. The lowest BCUT2D eigenvalue weighted by atomic mass is 10.0. The number of aromatic nitrogens is 3. The van der Waals surface area contributed by atoms with Crippen LogP contribution in [0.15, 0.2) is 36.7 Å². The molecule has 0 N–H and O–H groups in total. The maximum Gasteiger partial charge on any atom is 0.101 e. The molecular formula is C28H35N7O. The summed E-state index contributed by atoms with van der Waals surface area (Å²) in [7, 11) is 0. The average Bonchev–Trinajstić information content (AvgIpc) is 3.27. The fourth-order valence-corrected chi connectivity index (χ4v) is 6.10. The zero-order chi connectivity index (χ0) is 24.8. The van der Waals surface area contributed by atoms with Gasteiger partial charge in [0.15, 0.2) is 0 Å². The molecule has 2 atom stereocenters. The van der Waals surface area contributed by atoms with Crippen molar-refractivity contribution in [3.8, 4) is 6.07 Å². The minimum atomic E-state index is 0.139. The molecule has 2 aromatic heterocycles. The van der Waals surface area contributed by atoms with Gasteiger partial charge in [0.25, 0.3) is 0 Å². The van der Waals surface area contributed by atoms with Crippen LogP contribution in [0.25, 0.3) is 10.9 Å².